The molecular formula is C23H25FN6O3. The van der Waals surface area contributed by atoms with Gasteiger partial charge in [-0.15, -0.1) is 0 Å². The first-order chi connectivity index (χ1) is 15.9. The summed E-state index contributed by atoms with van der Waals surface area (Å²) in [6, 6.07) is 4.01. The zero-order valence-electron chi connectivity index (χ0n) is 18.4. The summed E-state index contributed by atoms with van der Waals surface area (Å²) in [6.45, 7) is 3.04. The molecule has 1 amide bonds. The number of aromatic nitrogens is 5. The summed E-state index contributed by atoms with van der Waals surface area (Å²) in [5.74, 6) is -0.606. The molecule has 1 saturated heterocycles. The zero-order chi connectivity index (χ0) is 23.1. The van der Waals surface area contributed by atoms with Gasteiger partial charge in [0, 0.05) is 31.8 Å². The Labute approximate surface area is 189 Å². The summed E-state index contributed by atoms with van der Waals surface area (Å²) in [4.78, 5) is 25.0. The van der Waals surface area contributed by atoms with Crippen molar-refractivity contribution in [2.45, 2.75) is 31.9 Å². The number of carbonyl (C=O) groups excluding carboxylic acids is 1. The summed E-state index contributed by atoms with van der Waals surface area (Å²) in [7, 11) is 1.73. The lowest BCUT2D eigenvalue weighted by Gasteiger charge is -2.30. The number of aryl methyl sites for hydroxylation is 1. The number of amides is 1. The average Bonchev–Trinajstić information content (AvgIpc) is 3.39. The fraction of sp³-hybridized carbons (Fsp3) is 0.391. The SMILES string of the molecule is C[C@@H](NC(=O)c1c[nH]c2ncc(-c3nn(C)c4cc(F)ccc34)nc12)[C@@H](O)C1CCOCC1. The minimum Gasteiger partial charge on any atom is -0.391 e. The molecule has 0 saturated carbocycles. The number of aromatic amines is 1. The number of nitrogens with zero attached hydrogens (tertiary/aromatic N) is 4. The average molecular weight is 452 g/mol. The van der Waals surface area contributed by atoms with E-state index in [9.17, 15) is 14.3 Å². The van der Waals surface area contributed by atoms with E-state index in [1.807, 2.05) is 0 Å². The van der Waals surface area contributed by atoms with Crippen LogP contribution in [0.4, 0.5) is 4.39 Å². The highest BCUT2D eigenvalue weighted by Gasteiger charge is 2.28. The largest absolute Gasteiger partial charge is 0.391 e. The molecule has 5 rings (SSSR count). The number of fused-ring (bicyclic) bond motifs is 2. The molecule has 0 aliphatic carbocycles. The molecule has 9 nitrogen and oxygen atoms in total. The Bertz CT molecular complexity index is 1330. The van der Waals surface area contributed by atoms with E-state index < -0.39 is 12.1 Å². The molecule has 172 valence electrons. The first-order valence-electron chi connectivity index (χ1n) is 11.0. The number of rotatable bonds is 5. The standard InChI is InChI=1S/C23H25FN6O3/c1-12(21(31)13-5-7-33-8-6-13)27-23(32)16-10-25-22-20(16)28-17(11-26-22)19-15-4-3-14(24)9-18(15)30(2)29-19/h3-4,9-13,21,31H,5-8H2,1-2H3,(H,25,26)(H,27,32)/t12-,21-/m1/s1. The van der Waals surface area contributed by atoms with E-state index in [1.54, 1.807) is 37.1 Å². The minimum absolute atomic E-state index is 0.0886. The third-order valence-electron chi connectivity index (χ3n) is 6.30. The maximum atomic E-state index is 13.7. The van der Waals surface area contributed by atoms with Gasteiger partial charge < -0.3 is 20.1 Å². The van der Waals surface area contributed by atoms with Crippen LogP contribution in [-0.2, 0) is 11.8 Å². The van der Waals surface area contributed by atoms with Crippen molar-refractivity contribution in [3.05, 3.63) is 42.0 Å². The molecule has 1 fully saturated rings. The molecule has 0 radical (unpaired) electrons. The molecule has 33 heavy (non-hydrogen) atoms. The summed E-state index contributed by atoms with van der Waals surface area (Å²) >= 11 is 0. The summed E-state index contributed by atoms with van der Waals surface area (Å²) in [6.07, 6.45) is 4.01. The highest BCUT2D eigenvalue weighted by Crippen LogP contribution is 2.28. The lowest BCUT2D eigenvalue weighted by molar-refractivity contribution is -0.00424. The maximum absolute atomic E-state index is 13.7. The zero-order valence-corrected chi connectivity index (χ0v) is 18.4. The van der Waals surface area contributed by atoms with Crippen molar-refractivity contribution in [3.8, 4) is 11.4 Å². The molecule has 1 aliphatic rings. The van der Waals surface area contributed by atoms with Gasteiger partial charge in [-0.1, -0.05) is 0 Å². The van der Waals surface area contributed by atoms with Crippen LogP contribution in [0, 0.1) is 11.7 Å². The Morgan fingerprint density at radius 1 is 1.36 bits per heavy atom. The number of hydrogen-bond acceptors (Lipinski definition) is 6. The lowest BCUT2D eigenvalue weighted by Crippen LogP contribution is -2.45. The second-order valence-electron chi connectivity index (χ2n) is 8.49. The first kappa shape index (κ1) is 21.5. The number of ether oxygens (including phenoxy) is 1. The monoisotopic (exact) mass is 452 g/mol. The lowest BCUT2D eigenvalue weighted by atomic mass is 9.90. The van der Waals surface area contributed by atoms with Crippen LogP contribution in [0.5, 0.6) is 0 Å². The van der Waals surface area contributed by atoms with Crippen molar-refractivity contribution in [1.29, 1.82) is 0 Å². The van der Waals surface area contributed by atoms with Gasteiger partial charge in [0.2, 0.25) is 0 Å². The molecule has 3 N–H and O–H groups in total. The van der Waals surface area contributed by atoms with Crippen LogP contribution in [0.25, 0.3) is 33.5 Å². The normalized spacial score (nSPS) is 16.8. The number of nitrogens with one attached hydrogen (secondary N) is 2. The van der Waals surface area contributed by atoms with Gasteiger partial charge in [-0.05, 0) is 43.9 Å². The van der Waals surface area contributed by atoms with Gasteiger partial charge in [-0.25, -0.2) is 14.4 Å². The molecule has 0 unspecified atom stereocenters. The van der Waals surface area contributed by atoms with Crippen molar-refractivity contribution >= 4 is 28.0 Å². The highest BCUT2D eigenvalue weighted by atomic mass is 19.1. The van der Waals surface area contributed by atoms with E-state index in [0.717, 1.165) is 18.2 Å². The summed E-state index contributed by atoms with van der Waals surface area (Å²) in [5.41, 5.74) is 2.86. The highest BCUT2D eigenvalue weighted by molar-refractivity contribution is 6.05. The Balaban J connectivity index is 1.43. The van der Waals surface area contributed by atoms with Crippen LogP contribution >= 0.6 is 0 Å². The maximum Gasteiger partial charge on any atom is 0.255 e. The third kappa shape index (κ3) is 3.96. The first-order valence-corrected chi connectivity index (χ1v) is 11.0. The second-order valence-corrected chi connectivity index (χ2v) is 8.49. The Morgan fingerprint density at radius 2 is 2.15 bits per heavy atom. The van der Waals surface area contributed by atoms with Gasteiger partial charge in [0.05, 0.1) is 29.4 Å². The molecule has 4 heterocycles. The number of carbonyl (C=O) groups is 1. The third-order valence-corrected chi connectivity index (χ3v) is 6.30. The predicted molar refractivity (Wildman–Crippen MR) is 120 cm³/mol. The number of aliphatic hydroxyl groups excluding tert-OH is 1. The van der Waals surface area contributed by atoms with Gasteiger partial charge in [0.15, 0.2) is 5.65 Å². The fourth-order valence-corrected chi connectivity index (χ4v) is 4.43. The fourth-order valence-electron chi connectivity index (χ4n) is 4.43. The molecular weight excluding hydrogens is 427 g/mol. The van der Waals surface area contributed by atoms with Crippen LogP contribution in [0.15, 0.2) is 30.6 Å². The number of halogens is 1. The molecule has 2 atom stereocenters. The van der Waals surface area contributed by atoms with E-state index in [0.29, 0.717) is 46.8 Å². The Morgan fingerprint density at radius 3 is 2.94 bits per heavy atom. The summed E-state index contributed by atoms with van der Waals surface area (Å²) in [5, 5.41) is 18.8. The molecule has 1 aromatic carbocycles. The van der Waals surface area contributed by atoms with Crippen molar-refractivity contribution in [1.82, 2.24) is 30.0 Å². The molecule has 1 aliphatic heterocycles. The molecule has 10 heteroatoms. The minimum atomic E-state index is -0.662. The Kier molecular flexibility index (Phi) is 5.55. The predicted octanol–water partition coefficient (Wildman–Crippen LogP) is 2.56. The van der Waals surface area contributed by atoms with Gasteiger partial charge >= 0.3 is 0 Å². The quantitative estimate of drug-likeness (QED) is 0.428. The van der Waals surface area contributed by atoms with Crippen molar-refractivity contribution in [2.24, 2.45) is 13.0 Å². The smallest absolute Gasteiger partial charge is 0.255 e. The Hall–Kier alpha value is -3.37. The topological polar surface area (TPSA) is 118 Å². The van der Waals surface area contributed by atoms with Crippen molar-refractivity contribution < 1.29 is 19.0 Å². The van der Waals surface area contributed by atoms with E-state index in [-0.39, 0.29) is 17.6 Å². The van der Waals surface area contributed by atoms with Crippen LogP contribution in [-0.4, -0.2) is 61.1 Å². The van der Waals surface area contributed by atoms with E-state index in [1.165, 1.54) is 12.1 Å². The molecule has 0 spiro atoms. The van der Waals surface area contributed by atoms with Gasteiger partial charge in [-0.2, -0.15) is 5.10 Å². The molecule has 3 aromatic heterocycles. The van der Waals surface area contributed by atoms with E-state index >= 15 is 0 Å². The summed E-state index contributed by atoms with van der Waals surface area (Å²) < 4.78 is 20.6. The van der Waals surface area contributed by atoms with E-state index in [2.05, 4.69) is 25.4 Å². The van der Waals surface area contributed by atoms with Crippen molar-refractivity contribution in [2.75, 3.05) is 13.2 Å². The number of hydrogen-bond donors (Lipinski definition) is 3. The second kappa shape index (κ2) is 8.53. The van der Waals surface area contributed by atoms with Gasteiger partial charge in [0.1, 0.15) is 22.7 Å². The van der Waals surface area contributed by atoms with Gasteiger partial charge in [0.25, 0.3) is 5.91 Å². The van der Waals surface area contributed by atoms with Crippen molar-refractivity contribution in [3.63, 3.8) is 0 Å². The van der Waals surface area contributed by atoms with Gasteiger partial charge in [-0.3, -0.25) is 9.48 Å². The van der Waals surface area contributed by atoms with E-state index in [4.69, 9.17) is 4.74 Å². The van der Waals surface area contributed by atoms with Crippen LogP contribution in [0.1, 0.15) is 30.1 Å². The molecule has 0 bridgehead atoms. The number of benzene rings is 1. The van der Waals surface area contributed by atoms with Crippen LogP contribution in [0.3, 0.4) is 0 Å². The number of aliphatic hydroxyl groups is 1. The van der Waals surface area contributed by atoms with Crippen LogP contribution in [0.2, 0.25) is 0 Å². The molecule has 4 aromatic rings. The van der Waals surface area contributed by atoms with Crippen LogP contribution < -0.4 is 5.32 Å². The number of H-pyrrole nitrogens is 1.